The number of aldehydes is 1. The summed E-state index contributed by atoms with van der Waals surface area (Å²) in [6, 6.07) is 3.41. The molecule has 4 heteroatoms. The fourth-order valence-electron chi connectivity index (χ4n) is 1.49. The molecule has 78 valence electrons. The molecule has 0 radical (unpaired) electrons. The van der Waals surface area contributed by atoms with Crippen LogP contribution in [0.3, 0.4) is 0 Å². The van der Waals surface area contributed by atoms with Crippen LogP contribution in [0.4, 0.5) is 0 Å². The number of rotatable bonds is 4. The van der Waals surface area contributed by atoms with Crippen molar-refractivity contribution in [3.05, 3.63) is 30.3 Å². The van der Waals surface area contributed by atoms with Crippen molar-refractivity contribution in [1.82, 2.24) is 9.55 Å². The lowest BCUT2D eigenvalue weighted by Crippen LogP contribution is -1.97. The van der Waals surface area contributed by atoms with Crippen molar-refractivity contribution in [3.63, 3.8) is 0 Å². The second kappa shape index (κ2) is 4.13. The van der Waals surface area contributed by atoms with E-state index in [9.17, 15) is 4.79 Å². The maximum atomic E-state index is 10.5. The van der Waals surface area contributed by atoms with Gasteiger partial charge in [0.05, 0.1) is 0 Å². The molecule has 0 aliphatic carbocycles. The first-order chi connectivity index (χ1) is 7.35. The number of aryl methyl sites for hydroxylation is 1. The lowest BCUT2D eigenvalue weighted by atomic mass is 10.4. The molecule has 2 rings (SSSR count). The molecule has 0 aliphatic heterocycles. The molecule has 0 unspecified atom stereocenters. The van der Waals surface area contributed by atoms with E-state index < -0.39 is 0 Å². The zero-order valence-electron chi connectivity index (χ0n) is 8.51. The second-order valence-corrected chi connectivity index (χ2v) is 3.26. The van der Waals surface area contributed by atoms with E-state index in [1.54, 1.807) is 18.3 Å². The van der Waals surface area contributed by atoms with E-state index in [4.69, 9.17) is 4.42 Å². The Morgan fingerprint density at radius 2 is 2.40 bits per heavy atom. The highest BCUT2D eigenvalue weighted by atomic mass is 16.3. The van der Waals surface area contributed by atoms with Gasteiger partial charge in [-0.2, -0.15) is 0 Å². The standard InChI is InChI=1S/C11H12N2O2/c1-2-6-13-7-5-12-11(13)10-4-3-9(8-14)15-10/h3-5,7-8H,2,6H2,1H3. The first-order valence-corrected chi connectivity index (χ1v) is 4.91. The van der Waals surface area contributed by atoms with Crippen LogP contribution < -0.4 is 0 Å². The molecule has 4 nitrogen and oxygen atoms in total. The molecular weight excluding hydrogens is 192 g/mol. The van der Waals surface area contributed by atoms with Gasteiger partial charge >= 0.3 is 0 Å². The van der Waals surface area contributed by atoms with Gasteiger partial charge in [-0.25, -0.2) is 4.98 Å². The lowest BCUT2D eigenvalue weighted by molar-refractivity contribution is 0.110. The second-order valence-electron chi connectivity index (χ2n) is 3.26. The normalized spacial score (nSPS) is 10.5. The number of furan rings is 1. The summed E-state index contributed by atoms with van der Waals surface area (Å²) in [5.74, 6) is 1.73. The number of carbonyl (C=O) groups excluding carboxylic acids is 1. The number of aromatic nitrogens is 2. The van der Waals surface area contributed by atoms with Gasteiger partial charge in [0.2, 0.25) is 0 Å². The molecule has 0 spiro atoms. The maximum Gasteiger partial charge on any atom is 0.185 e. The third kappa shape index (κ3) is 1.83. The van der Waals surface area contributed by atoms with Crippen LogP contribution >= 0.6 is 0 Å². The molecule has 2 aromatic heterocycles. The van der Waals surface area contributed by atoms with E-state index in [-0.39, 0.29) is 0 Å². The highest BCUT2D eigenvalue weighted by Gasteiger charge is 2.09. The molecule has 0 aromatic carbocycles. The molecule has 2 heterocycles. The molecule has 0 N–H and O–H groups in total. The molecule has 0 saturated heterocycles. The van der Waals surface area contributed by atoms with Gasteiger partial charge in [-0.15, -0.1) is 0 Å². The Bertz CT molecular complexity index is 457. The topological polar surface area (TPSA) is 48.0 Å². The fourth-order valence-corrected chi connectivity index (χ4v) is 1.49. The van der Waals surface area contributed by atoms with Gasteiger partial charge in [-0.3, -0.25) is 4.79 Å². The third-order valence-corrected chi connectivity index (χ3v) is 2.14. The Morgan fingerprint density at radius 3 is 3.07 bits per heavy atom. The summed E-state index contributed by atoms with van der Waals surface area (Å²) in [5, 5.41) is 0. The Kier molecular flexibility index (Phi) is 2.67. The predicted molar refractivity (Wildman–Crippen MR) is 55.6 cm³/mol. The van der Waals surface area contributed by atoms with Crippen LogP contribution in [0.2, 0.25) is 0 Å². The van der Waals surface area contributed by atoms with Crippen LogP contribution in [0, 0.1) is 0 Å². The van der Waals surface area contributed by atoms with Crippen molar-refractivity contribution < 1.29 is 9.21 Å². The van der Waals surface area contributed by atoms with Gasteiger partial charge in [-0.05, 0) is 18.6 Å². The van der Waals surface area contributed by atoms with E-state index in [1.807, 2.05) is 10.8 Å². The van der Waals surface area contributed by atoms with Crippen molar-refractivity contribution in [2.24, 2.45) is 0 Å². The van der Waals surface area contributed by atoms with Gasteiger partial charge in [0.15, 0.2) is 23.6 Å². The Labute approximate surface area is 87.5 Å². The summed E-state index contributed by atoms with van der Waals surface area (Å²) in [4.78, 5) is 14.7. The SMILES string of the molecule is CCCn1ccnc1-c1ccc(C=O)o1. The van der Waals surface area contributed by atoms with E-state index in [0.717, 1.165) is 18.8 Å². The van der Waals surface area contributed by atoms with Crippen molar-refractivity contribution >= 4 is 6.29 Å². The van der Waals surface area contributed by atoms with E-state index in [0.29, 0.717) is 17.8 Å². The summed E-state index contributed by atoms with van der Waals surface area (Å²) in [6.07, 6.45) is 5.36. The quantitative estimate of drug-likeness (QED) is 0.718. The molecule has 0 aliphatic rings. The maximum absolute atomic E-state index is 10.5. The smallest absolute Gasteiger partial charge is 0.185 e. The number of carbonyl (C=O) groups is 1. The lowest BCUT2D eigenvalue weighted by Gasteiger charge is -2.02. The third-order valence-electron chi connectivity index (χ3n) is 2.14. The van der Waals surface area contributed by atoms with Gasteiger partial charge in [0.25, 0.3) is 0 Å². The Morgan fingerprint density at radius 1 is 1.53 bits per heavy atom. The highest BCUT2D eigenvalue weighted by molar-refractivity contribution is 5.71. The molecule has 15 heavy (non-hydrogen) atoms. The largest absolute Gasteiger partial charge is 0.450 e. The van der Waals surface area contributed by atoms with Crippen molar-refractivity contribution in [3.8, 4) is 11.6 Å². The molecular formula is C11H12N2O2. The number of nitrogens with zero attached hydrogens (tertiary/aromatic N) is 2. The van der Waals surface area contributed by atoms with Gasteiger partial charge < -0.3 is 8.98 Å². The van der Waals surface area contributed by atoms with Crippen LogP contribution in [0.15, 0.2) is 28.9 Å². The number of hydrogen-bond donors (Lipinski definition) is 0. The highest BCUT2D eigenvalue weighted by Crippen LogP contribution is 2.19. The molecule has 2 aromatic rings. The molecule has 0 saturated carbocycles. The summed E-state index contributed by atoms with van der Waals surface area (Å²) in [5.41, 5.74) is 0. The number of hydrogen-bond acceptors (Lipinski definition) is 3. The predicted octanol–water partition coefficient (Wildman–Crippen LogP) is 2.37. The molecule has 0 bridgehead atoms. The molecule has 0 fully saturated rings. The Balaban J connectivity index is 2.35. The van der Waals surface area contributed by atoms with Gasteiger partial charge in [0, 0.05) is 18.9 Å². The van der Waals surface area contributed by atoms with E-state index >= 15 is 0 Å². The van der Waals surface area contributed by atoms with E-state index in [2.05, 4.69) is 11.9 Å². The van der Waals surface area contributed by atoms with Gasteiger partial charge in [-0.1, -0.05) is 6.92 Å². The van der Waals surface area contributed by atoms with Crippen LogP contribution in [-0.2, 0) is 6.54 Å². The minimum absolute atomic E-state index is 0.330. The summed E-state index contributed by atoms with van der Waals surface area (Å²) in [7, 11) is 0. The fraction of sp³-hybridized carbons (Fsp3) is 0.273. The zero-order chi connectivity index (χ0) is 10.7. The Hall–Kier alpha value is -1.84. The average Bonchev–Trinajstić information content (AvgIpc) is 2.85. The first-order valence-electron chi connectivity index (χ1n) is 4.91. The van der Waals surface area contributed by atoms with Gasteiger partial charge in [0.1, 0.15) is 0 Å². The number of imidazole rings is 1. The summed E-state index contributed by atoms with van der Waals surface area (Å²) in [6.45, 7) is 3.00. The minimum atomic E-state index is 0.330. The van der Waals surface area contributed by atoms with Crippen LogP contribution in [-0.4, -0.2) is 15.8 Å². The van der Waals surface area contributed by atoms with Crippen LogP contribution in [0.1, 0.15) is 23.9 Å². The molecule has 0 atom stereocenters. The average molecular weight is 204 g/mol. The van der Waals surface area contributed by atoms with Crippen LogP contribution in [0.25, 0.3) is 11.6 Å². The van der Waals surface area contributed by atoms with Crippen LogP contribution in [0.5, 0.6) is 0 Å². The monoisotopic (exact) mass is 204 g/mol. The molecule has 0 amide bonds. The first kappa shape index (κ1) is 9.71. The van der Waals surface area contributed by atoms with E-state index in [1.165, 1.54) is 0 Å². The van der Waals surface area contributed by atoms with Crippen molar-refractivity contribution in [1.29, 1.82) is 0 Å². The summed E-state index contributed by atoms with van der Waals surface area (Å²) >= 11 is 0. The van der Waals surface area contributed by atoms with Crippen molar-refractivity contribution in [2.45, 2.75) is 19.9 Å². The minimum Gasteiger partial charge on any atom is -0.450 e. The van der Waals surface area contributed by atoms with Crippen molar-refractivity contribution in [2.75, 3.05) is 0 Å². The zero-order valence-corrected chi connectivity index (χ0v) is 8.51. The summed E-state index contributed by atoms with van der Waals surface area (Å²) < 4.78 is 7.32.